The Kier molecular flexibility index (Phi) is 5.32. The van der Waals surface area contributed by atoms with E-state index in [0.29, 0.717) is 16.1 Å². The fourth-order valence-electron chi connectivity index (χ4n) is 2.74. The van der Waals surface area contributed by atoms with Gasteiger partial charge in [-0.1, -0.05) is 30.3 Å². The van der Waals surface area contributed by atoms with Crippen LogP contribution in [0.4, 0.5) is 11.4 Å². The molecule has 0 radical (unpaired) electrons. The Morgan fingerprint density at radius 2 is 1.43 bits per heavy atom. The molecule has 0 unspecified atom stereocenters. The van der Waals surface area contributed by atoms with E-state index in [2.05, 4.69) is 10.6 Å². The lowest BCUT2D eigenvalue weighted by Crippen LogP contribution is -2.13. The number of para-hydroxylation sites is 1. The van der Waals surface area contributed by atoms with Crippen LogP contribution in [0.3, 0.4) is 0 Å². The molecule has 28 heavy (non-hydrogen) atoms. The van der Waals surface area contributed by atoms with Crippen molar-refractivity contribution in [1.29, 1.82) is 0 Å². The van der Waals surface area contributed by atoms with E-state index in [1.165, 1.54) is 11.3 Å². The van der Waals surface area contributed by atoms with Gasteiger partial charge in [-0.3, -0.25) is 9.59 Å². The first kappa shape index (κ1) is 18.2. The molecule has 0 aliphatic rings. The molecule has 4 nitrogen and oxygen atoms in total. The van der Waals surface area contributed by atoms with E-state index >= 15 is 0 Å². The fraction of sp³-hybridized carbons (Fsp3) is 0. The number of hydrogen-bond donors (Lipinski definition) is 2. The summed E-state index contributed by atoms with van der Waals surface area (Å²) in [4.78, 5) is 26.5. The molecule has 0 saturated heterocycles. The quantitative estimate of drug-likeness (QED) is 0.430. The van der Waals surface area contributed by atoms with E-state index in [9.17, 15) is 9.59 Å². The van der Waals surface area contributed by atoms with Crippen molar-refractivity contribution < 1.29 is 9.59 Å². The Labute approximate surface area is 170 Å². The van der Waals surface area contributed by atoms with E-state index < -0.39 is 0 Å². The molecule has 0 bridgehead atoms. The summed E-state index contributed by atoms with van der Waals surface area (Å²) in [5.41, 5.74) is 2.93. The van der Waals surface area contributed by atoms with Gasteiger partial charge in [-0.2, -0.15) is 0 Å². The zero-order chi connectivity index (χ0) is 19.3. The number of nitrogens with one attached hydrogen (secondary N) is 2. The highest BCUT2D eigenvalue weighted by Gasteiger charge is 2.12. The van der Waals surface area contributed by atoms with Gasteiger partial charge in [0.25, 0.3) is 11.8 Å². The predicted octanol–water partition coefficient (Wildman–Crippen LogP) is 5.98. The lowest BCUT2D eigenvalue weighted by Gasteiger charge is -2.10. The van der Waals surface area contributed by atoms with Gasteiger partial charge in [0.15, 0.2) is 0 Å². The van der Waals surface area contributed by atoms with E-state index in [4.69, 9.17) is 0 Å². The minimum atomic E-state index is -0.194. The molecule has 0 spiro atoms. The average molecular weight is 405 g/mol. The summed E-state index contributed by atoms with van der Waals surface area (Å²) in [6.45, 7) is 0. The van der Waals surface area contributed by atoms with Gasteiger partial charge in [0.1, 0.15) is 0 Å². The van der Waals surface area contributed by atoms with Crippen LogP contribution >= 0.6 is 22.7 Å². The van der Waals surface area contributed by atoms with Gasteiger partial charge in [0.05, 0.1) is 4.88 Å². The maximum atomic E-state index is 12.7. The average Bonchev–Trinajstić information content (AvgIpc) is 3.43. The topological polar surface area (TPSA) is 58.2 Å². The van der Waals surface area contributed by atoms with Gasteiger partial charge in [-0.15, -0.1) is 22.7 Å². The Morgan fingerprint density at radius 1 is 0.679 bits per heavy atom. The summed E-state index contributed by atoms with van der Waals surface area (Å²) in [5.74, 6) is -0.350. The Hall–Kier alpha value is -3.22. The molecule has 6 heteroatoms. The molecule has 2 aromatic carbocycles. The second-order valence-electron chi connectivity index (χ2n) is 5.99. The summed E-state index contributed by atoms with van der Waals surface area (Å²) in [6, 6.07) is 22.2. The molecule has 0 fully saturated rings. The third kappa shape index (κ3) is 4.03. The highest BCUT2D eigenvalue weighted by molar-refractivity contribution is 7.13. The second kappa shape index (κ2) is 8.21. The van der Waals surface area contributed by atoms with Crippen LogP contribution < -0.4 is 10.6 Å². The van der Waals surface area contributed by atoms with E-state index in [1.54, 1.807) is 41.7 Å². The van der Waals surface area contributed by atoms with Crippen molar-refractivity contribution in [3.05, 3.63) is 94.0 Å². The van der Waals surface area contributed by atoms with Crippen molar-refractivity contribution in [2.75, 3.05) is 10.6 Å². The van der Waals surface area contributed by atoms with Crippen LogP contribution in [0.15, 0.2) is 83.6 Å². The first-order valence-corrected chi connectivity index (χ1v) is 10.4. The summed E-state index contributed by atoms with van der Waals surface area (Å²) < 4.78 is 0. The molecular weight excluding hydrogens is 388 g/mol. The number of carbonyl (C=O) groups excluding carboxylic acids is 2. The predicted molar refractivity (Wildman–Crippen MR) is 116 cm³/mol. The van der Waals surface area contributed by atoms with Crippen LogP contribution in [-0.4, -0.2) is 11.8 Å². The fourth-order valence-corrected chi connectivity index (χ4v) is 4.12. The Balaban J connectivity index is 1.47. The largest absolute Gasteiger partial charge is 0.321 e. The summed E-state index contributed by atoms with van der Waals surface area (Å²) in [5, 5.41) is 9.68. The number of benzene rings is 2. The lowest BCUT2D eigenvalue weighted by atomic mass is 10.1. The molecule has 2 amide bonds. The number of hydrogen-bond acceptors (Lipinski definition) is 4. The highest BCUT2D eigenvalue weighted by atomic mass is 32.1. The van der Waals surface area contributed by atoms with Crippen LogP contribution in [0.25, 0.3) is 10.4 Å². The molecular formula is C22H16N2O2S2. The van der Waals surface area contributed by atoms with Crippen LogP contribution in [-0.2, 0) is 0 Å². The third-order valence-electron chi connectivity index (χ3n) is 4.11. The zero-order valence-corrected chi connectivity index (χ0v) is 16.3. The van der Waals surface area contributed by atoms with E-state index in [-0.39, 0.29) is 11.8 Å². The smallest absolute Gasteiger partial charge is 0.265 e. The maximum absolute atomic E-state index is 12.7. The van der Waals surface area contributed by atoms with Gasteiger partial charge in [-0.05, 0) is 53.2 Å². The molecule has 0 saturated carbocycles. The molecule has 0 aliphatic carbocycles. The number of amides is 2. The lowest BCUT2D eigenvalue weighted by molar-refractivity contribution is 0.102. The summed E-state index contributed by atoms with van der Waals surface area (Å²) in [7, 11) is 0. The number of rotatable bonds is 5. The van der Waals surface area contributed by atoms with Crippen molar-refractivity contribution in [2.24, 2.45) is 0 Å². The van der Waals surface area contributed by atoms with Crippen LogP contribution in [0, 0.1) is 0 Å². The standard InChI is InChI=1S/C22H16N2O2S2/c25-21(24-18-6-2-1-5-17(18)19-7-3-13-27-19)15-9-11-16(12-10-15)23-22(26)20-8-4-14-28-20/h1-14H,(H,23,26)(H,24,25). The van der Waals surface area contributed by atoms with Gasteiger partial charge in [0, 0.05) is 27.4 Å². The van der Waals surface area contributed by atoms with Gasteiger partial charge >= 0.3 is 0 Å². The Bertz CT molecular complexity index is 1090. The SMILES string of the molecule is O=C(Nc1ccccc1-c1cccs1)c1ccc(NC(=O)c2cccs2)cc1. The number of thiophene rings is 2. The molecule has 2 heterocycles. The molecule has 4 aromatic rings. The second-order valence-corrected chi connectivity index (χ2v) is 7.88. The van der Waals surface area contributed by atoms with Crippen molar-refractivity contribution in [3.63, 3.8) is 0 Å². The first-order valence-electron chi connectivity index (χ1n) is 8.60. The minimum absolute atomic E-state index is 0.155. The number of anilines is 2. The third-order valence-corrected chi connectivity index (χ3v) is 5.88. The minimum Gasteiger partial charge on any atom is -0.321 e. The van der Waals surface area contributed by atoms with Gasteiger partial charge in [0.2, 0.25) is 0 Å². The maximum Gasteiger partial charge on any atom is 0.265 e. The molecule has 2 N–H and O–H groups in total. The Morgan fingerprint density at radius 3 is 2.14 bits per heavy atom. The summed E-state index contributed by atoms with van der Waals surface area (Å²) >= 11 is 3.01. The van der Waals surface area contributed by atoms with Crippen molar-refractivity contribution in [2.45, 2.75) is 0 Å². The normalized spacial score (nSPS) is 10.4. The molecule has 0 atom stereocenters. The van der Waals surface area contributed by atoms with Gasteiger partial charge in [-0.25, -0.2) is 0 Å². The van der Waals surface area contributed by atoms with Crippen molar-refractivity contribution in [3.8, 4) is 10.4 Å². The van der Waals surface area contributed by atoms with Crippen LogP contribution in [0.1, 0.15) is 20.0 Å². The molecule has 2 aromatic heterocycles. The monoisotopic (exact) mass is 404 g/mol. The highest BCUT2D eigenvalue weighted by Crippen LogP contribution is 2.31. The molecule has 138 valence electrons. The molecule has 0 aliphatic heterocycles. The van der Waals surface area contributed by atoms with Crippen LogP contribution in [0.5, 0.6) is 0 Å². The van der Waals surface area contributed by atoms with Crippen molar-refractivity contribution in [1.82, 2.24) is 0 Å². The van der Waals surface area contributed by atoms with Crippen molar-refractivity contribution >= 4 is 45.9 Å². The molecule has 4 rings (SSSR count). The van der Waals surface area contributed by atoms with Crippen LogP contribution in [0.2, 0.25) is 0 Å². The first-order chi connectivity index (χ1) is 13.7. The zero-order valence-electron chi connectivity index (χ0n) is 14.7. The van der Waals surface area contributed by atoms with E-state index in [0.717, 1.165) is 16.1 Å². The number of carbonyl (C=O) groups is 2. The van der Waals surface area contributed by atoms with E-state index in [1.807, 2.05) is 53.2 Å². The summed E-state index contributed by atoms with van der Waals surface area (Å²) in [6.07, 6.45) is 0. The van der Waals surface area contributed by atoms with Gasteiger partial charge < -0.3 is 10.6 Å².